The van der Waals surface area contributed by atoms with Crippen LogP contribution in [0.2, 0.25) is 0 Å². The van der Waals surface area contributed by atoms with Crippen molar-refractivity contribution in [1.29, 1.82) is 0 Å². The van der Waals surface area contributed by atoms with E-state index in [1.54, 1.807) is 4.68 Å². The molecule has 1 N–H and O–H groups in total. The third-order valence-corrected chi connectivity index (χ3v) is 6.79. The fourth-order valence-electron chi connectivity index (χ4n) is 3.55. The highest BCUT2D eigenvalue weighted by molar-refractivity contribution is 7.91. The number of carbonyl (C=O) groups is 1. The van der Waals surface area contributed by atoms with E-state index in [0.29, 0.717) is 25.3 Å². The lowest BCUT2D eigenvalue weighted by Crippen LogP contribution is -2.55. The number of nitrogens with zero attached hydrogens (tertiary/aromatic N) is 5. The third-order valence-electron chi connectivity index (χ3n) is 5.02. The Morgan fingerprint density at radius 3 is 2.56 bits per heavy atom. The van der Waals surface area contributed by atoms with Crippen LogP contribution in [-0.4, -0.2) is 64.7 Å². The van der Waals surface area contributed by atoms with E-state index in [1.165, 1.54) is 6.33 Å². The van der Waals surface area contributed by atoms with Crippen molar-refractivity contribution in [2.75, 3.05) is 29.5 Å². The van der Waals surface area contributed by atoms with Crippen LogP contribution in [0.15, 0.2) is 18.5 Å². The summed E-state index contributed by atoms with van der Waals surface area (Å²) in [5, 5.41) is 7.30. The third kappa shape index (κ3) is 3.66. The standard InChI is InChI=1S/C17H22N6O3S/c1-11-5-12(2)23(21-11)16-6-15(18-10-19-16)22-7-13(8-22)17(24)20-14-3-4-27(25,26)9-14/h5-6,10,13-14H,3-4,7-9H2,1-2H3,(H,20,24)/t14-/m1/s1. The van der Waals surface area contributed by atoms with E-state index in [0.717, 1.165) is 17.2 Å². The summed E-state index contributed by atoms with van der Waals surface area (Å²) >= 11 is 0. The van der Waals surface area contributed by atoms with Gasteiger partial charge in [-0.15, -0.1) is 0 Å². The van der Waals surface area contributed by atoms with Gasteiger partial charge >= 0.3 is 0 Å². The molecule has 2 aliphatic rings. The van der Waals surface area contributed by atoms with Crippen molar-refractivity contribution in [3.05, 3.63) is 29.8 Å². The number of hydrogen-bond acceptors (Lipinski definition) is 7. The zero-order valence-corrected chi connectivity index (χ0v) is 16.1. The van der Waals surface area contributed by atoms with Crippen molar-refractivity contribution < 1.29 is 13.2 Å². The maximum absolute atomic E-state index is 12.3. The van der Waals surface area contributed by atoms with Crippen LogP contribution in [0.4, 0.5) is 5.82 Å². The SMILES string of the molecule is Cc1cc(C)n(-c2cc(N3CC(C(=O)N[C@@H]4CCS(=O)(=O)C4)C3)ncn2)n1. The molecule has 1 amide bonds. The van der Waals surface area contributed by atoms with Crippen LogP contribution in [0.25, 0.3) is 5.82 Å². The van der Waals surface area contributed by atoms with Gasteiger partial charge in [-0.1, -0.05) is 0 Å². The summed E-state index contributed by atoms with van der Waals surface area (Å²) in [5.74, 6) is 1.41. The predicted molar refractivity (Wildman–Crippen MR) is 99.5 cm³/mol. The molecule has 0 aliphatic carbocycles. The van der Waals surface area contributed by atoms with E-state index in [2.05, 4.69) is 20.4 Å². The zero-order chi connectivity index (χ0) is 19.2. The lowest BCUT2D eigenvalue weighted by atomic mass is 9.98. The monoisotopic (exact) mass is 390 g/mol. The van der Waals surface area contributed by atoms with Crippen LogP contribution in [-0.2, 0) is 14.6 Å². The average Bonchev–Trinajstić information content (AvgIpc) is 3.07. The molecule has 0 spiro atoms. The molecule has 0 aromatic carbocycles. The minimum atomic E-state index is -2.99. The molecule has 2 aromatic heterocycles. The van der Waals surface area contributed by atoms with Crippen molar-refractivity contribution in [3.63, 3.8) is 0 Å². The molecular weight excluding hydrogens is 368 g/mol. The van der Waals surface area contributed by atoms with Gasteiger partial charge in [-0.3, -0.25) is 4.79 Å². The van der Waals surface area contributed by atoms with Gasteiger partial charge in [0, 0.05) is 30.9 Å². The molecule has 0 radical (unpaired) electrons. The molecule has 2 aliphatic heterocycles. The highest BCUT2D eigenvalue weighted by Gasteiger charge is 2.36. The Morgan fingerprint density at radius 2 is 1.93 bits per heavy atom. The topological polar surface area (TPSA) is 110 Å². The van der Waals surface area contributed by atoms with Crippen LogP contribution < -0.4 is 10.2 Å². The summed E-state index contributed by atoms with van der Waals surface area (Å²) in [6.45, 7) is 5.01. The second-order valence-electron chi connectivity index (χ2n) is 7.28. The lowest BCUT2D eigenvalue weighted by molar-refractivity contribution is -0.126. The van der Waals surface area contributed by atoms with Crippen LogP contribution >= 0.6 is 0 Å². The lowest BCUT2D eigenvalue weighted by Gasteiger charge is -2.39. The first-order valence-corrected chi connectivity index (χ1v) is 10.7. The maximum atomic E-state index is 12.3. The number of aryl methyl sites for hydroxylation is 2. The van der Waals surface area contributed by atoms with E-state index >= 15 is 0 Å². The summed E-state index contributed by atoms with van der Waals surface area (Å²) in [7, 11) is -2.99. The normalized spacial score (nSPS) is 21.9. The van der Waals surface area contributed by atoms with Crippen molar-refractivity contribution >= 4 is 21.6 Å². The Labute approximate surface area is 157 Å². The molecule has 9 nitrogen and oxygen atoms in total. The van der Waals surface area contributed by atoms with Crippen LogP contribution in [0.3, 0.4) is 0 Å². The summed E-state index contributed by atoms with van der Waals surface area (Å²) in [6, 6.07) is 3.58. The Hall–Kier alpha value is -2.49. The molecule has 1 atom stereocenters. The molecule has 4 rings (SSSR count). The Morgan fingerprint density at radius 1 is 1.19 bits per heavy atom. The van der Waals surface area contributed by atoms with Gasteiger partial charge in [-0.25, -0.2) is 23.1 Å². The minimum absolute atomic E-state index is 0.0487. The second kappa shape index (κ2) is 6.59. The number of anilines is 1. The molecule has 0 saturated carbocycles. The molecule has 0 unspecified atom stereocenters. The number of amides is 1. The number of sulfone groups is 1. The zero-order valence-electron chi connectivity index (χ0n) is 15.3. The van der Waals surface area contributed by atoms with Crippen molar-refractivity contribution in [2.45, 2.75) is 26.3 Å². The smallest absolute Gasteiger partial charge is 0.226 e. The molecule has 2 saturated heterocycles. The maximum Gasteiger partial charge on any atom is 0.226 e. The van der Waals surface area contributed by atoms with Gasteiger partial charge in [0.15, 0.2) is 15.7 Å². The van der Waals surface area contributed by atoms with Gasteiger partial charge in [0.25, 0.3) is 0 Å². The first kappa shape index (κ1) is 17.9. The van der Waals surface area contributed by atoms with Crippen molar-refractivity contribution in [1.82, 2.24) is 25.1 Å². The van der Waals surface area contributed by atoms with E-state index in [9.17, 15) is 13.2 Å². The summed E-state index contributed by atoms with van der Waals surface area (Å²) < 4.78 is 24.8. The van der Waals surface area contributed by atoms with Crippen molar-refractivity contribution in [2.24, 2.45) is 5.92 Å². The highest BCUT2D eigenvalue weighted by Crippen LogP contribution is 2.24. The Kier molecular flexibility index (Phi) is 4.37. The van der Waals surface area contributed by atoms with E-state index in [1.807, 2.05) is 30.9 Å². The molecular formula is C17H22N6O3S. The van der Waals surface area contributed by atoms with Crippen molar-refractivity contribution in [3.8, 4) is 5.82 Å². The summed E-state index contributed by atoms with van der Waals surface area (Å²) in [5.41, 5.74) is 1.91. The Balaban J connectivity index is 1.38. The van der Waals surface area contributed by atoms with Crippen LogP contribution in [0.5, 0.6) is 0 Å². The number of carbonyl (C=O) groups excluding carboxylic acids is 1. The number of aromatic nitrogens is 4. The fraction of sp³-hybridized carbons (Fsp3) is 0.529. The molecule has 27 heavy (non-hydrogen) atoms. The van der Waals surface area contributed by atoms with Crippen LogP contribution in [0.1, 0.15) is 17.8 Å². The van der Waals surface area contributed by atoms with Gasteiger partial charge in [0.05, 0.1) is 23.1 Å². The Bertz CT molecular complexity index is 980. The molecule has 144 valence electrons. The summed E-state index contributed by atoms with van der Waals surface area (Å²) in [6.07, 6.45) is 2.00. The molecule has 10 heteroatoms. The molecule has 0 bridgehead atoms. The van der Waals surface area contributed by atoms with Gasteiger partial charge in [-0.2, -0.15) is 5.10 Å². The minimum Gasteiger partial charge on any atom is -0.355 e. The van der Waals surface area contributed by atoms with Crippen LogP contribution in [0, 0.1) is 19.8 Å². The molecule has 2 aromatic rings. The van der Waals surface area contributed by atoms with E-state index < -0.39 is 9.84 Å². The number of nitrogens with one attached hydrogen (secondary N) is 1. The quantitative estimate of drug-likeness (QED) is 0.783. The second-order valence-corrected chi connectivity index (χ2v) is 9.51. The molecule has 2 fully saturated rings. The largest absolute Gasteiger partial charge is 0.355 e. The van der Waals surface area contributed by atoms with E-state index in [-0.39, 0.29) is 29.4 Å². The van der Waals surface area contributed by atoms with Gasteiger partial charge in [-0.05, 0) is 26.3 Å². The van der Waals surface area contributed by atoms with Gasteiger partial charge < -0.3 is 10.2 Å². The highest BCUT2D eigenvalue weighted by atomic mass is 32.2. The average molecular weight is 390 g/mol. The number of hydrogen-bond donors (Lipinski definition) is 1. The molecule has 4 heterocycles. The predicted octanol–water partition coefficient (Wildman–Crippen LogP) is 0.0186. The fourth-order valence-corrected chi connectivity index (χ4v) is 5.22. The van der Waals surface area contributed by atoms with Gasteiger partial charge in [0.2, 0.25) is 5.91 Å². The first-order valence-electron chi connectivity index (χ1n) is 8.92. The number of rotatable bonds is 4. The van der Waals surface area contributed by atoms with Gasteiger partial charge in [0.1, 0.15) is 12.1 Å². The van der Waals surface area contributed by atoms with E-state index in [4.69, 9.17) is 0 Å². The summed E-state index contributed by atoms with van der Waals surface area (Å²) in [4.78, 5) is 22.9. The first-order chi connectivity index (χ1) is 12.8.